The topological polar surface area (TPSA) is 57.4 Å². The average molecular weight is 294 g/mol. The molecule has 0 fully saturated rings. The molecule has 0 unspecified atom stereocenters. The molecular formula is C16H14N4S. The Morgan fingerprint density at radius 2 is 1.48 bits per heavy atom. The normalized spacial score (nSPS) is 13.0. The van der Waals surface area contributed by atoms with Crippen LogP contribution >= 0.6 is 11.8 Å². The molecule has 0 spiro atoms. The van der Waals surface area contributed by atoms with Gasteiger partial charge in [0.25, 0.3) is 0 Å². The Bertz CT molecular complexity index is 843. The van der Waals surface area contributed by atoms with Crippen molar-refractivity contribution >= 4 is 33.8 Å². The van der Waals surface area contributed by atoms with Crippen LogP contribution in [0.3, 0.4) is 0 Å². The summed E-state index contributed by atoms with van der Waals surface area (Å²) in [4.78, 5) is 16.0. The molecule has 0 aliphatic carbocycles. The van der Waals surface area contributed by atoms with E-state index in [0.29, 0.717) is 0 Å². The van der Waals surface area contributed by atoms with E-state index < -0.39 is 0 Å². The fourth-order valence-electron chi connectivity index (χ4n) is 2.37. The number of nitrogens with one attached hydrogen (secondary N) is 2. The summed E-state index contributed by atoms with van der Waals surface area (Å²) in [5.41, 5.74) is 4.14. The van der Waals surface area contributed by atoms with E-state index in [2.05, 4.69) is 26.9 Å². The molecule has 21 heavy (non-hydrogen) atoms. The molecule has 0 bridgehead atoms. The highest BCUT2D eigenvalue weighted by Crippen LogP contribution is 2.33. The first kappa shape index (κ1) is 12.5. The summed E-state index contributed by atoms with van der Waals surface area (Å²) in [6.45, 7) is 2.13. The summed E-state index contributed by atoms with van der Waals surface area (Å²) in [6.07, 6.45) is 0. The molecular weight excluding hydrogens is 280 g/mol. The minimum Gasteiger partial charge on any atom is -0.341 e. The Balaban J connectivity index is 1.63. The largest absolute Gasteiger partial charge is 0.341 e. The SMILES string of the molecule is C[C@H](Sc1nc2ccccc2[nH]1)c1nc2ccccc2[nH]1. The van der Waals surface area contributed by atoms with Gasteiger partial charge in [-0.15, -0.1) is 0 Å². The maximum atomic E-state index is 4.64. The zero-order chi connectivity index (χ0) is 14.2. The van der Waals surface area contributed by atoms with Crippen molar-refractivity contribution in [1.29, 1.82) is 0 Å². The quantitative estimate of drug-likeness (QED) is 0.554. The molecule has 0 saturated carbocycles. The van der Waals surface area contributed by atoms with E-state index in [1.807, 2.05) is 48.5 Å². The lowest BCUT2D eigenvalue weighted by molar-refractivity contribution is 0.956. The number of aromatic nitrogens is 4. The Kier molecular flexibility index (Phi) is 2.93. The summed E-state index contributed by atoms with van der Waals surface area (Å²) >= 11 is 1.68. The van der Waals surface area contributed by atoms with E-state index in [1.165, 1.54) is 0 Å². The highest BCUT2D eigenvalue weighted by atomic mass is 32.2. The average Bonchev–Trinajstić information content (AvgIpc) is 3.10. The van der Waals surface area contributed by atoms with Gasteiger partial charge >= 0.3 is 0 Å². The van der Waals surface area contributed by atoms with Crippen molar-refractivity contribution in [1.82, 2.24) is 19.9 Å². The number of hydrogen-bond donors (Lipinski definition) is 2. The van der Waals surface area contributed by atoms with E-state index in [1.54, 1.807) is 11.8 Å². The molecule has 0 radical (unpaired) electrons. The first-order valence-electron chi connectivity index (χ1n) is 6.85. The number of thioether (sulfide) groups is 1. The van der Waals surface area contributed by atoms with Gasteiger partial charge < -0.3 is 9.97 Å². The van der Waals surface area contributed by atoms with Gasteiger partial charge in [0.15, 0.2) is 5.16 Å². The minimum atomic E-state index is 0.206. The van der Waals surface area contributed by atoms with Crippen LogP contribution in [0.2, 0.25) is 0 Å². The number of aromatic amines is 2. The van der Waals surface area contributed by atoms with Gasteiger partial charge in [0.1, 0.15) is 5.82 Å². The van der Waals surface area contributed by atoms with E-state index in [4.69, 9.17) is 0 Å². The Morgan fingerprint density at radius 1 is 0.857 bits per heavy atom. The number of H-pyrrole nitrogens is 2. The molecule has 4 aromatic rings. The van der Waals surface area contributed by atoms with Crippen LogP contribution in [-0.4, -0.2) is 19.9 Å². The second kappa shape index (κ2) is 4.93. The summed E-state index contributed by atoms with van der Waals surface area (Å²) in [5, 5.41) is 1.13. The van der Waals surface area contributed by atoms with Gasteiger partial charge in [-0.25, -0.2) is 9.97 Å². The van der Waals surface area contributed by atoms with Gasteiger partial charge in [-0.3, -0.25) is 0 Å². The lowest BCUT2D eigenvalue weighted by Crippen LogP contribution is -1.91. The number of hydrogen-bond acceptors (Lipinski definition) is 3. The van der Waals surface area contributed by atoms with E-state index in [0.717, 1.165) is 33.0 Å². The van der Waals surface area contributed by atoms with Crippen LogP contribution < -0.4 is 0 Å². The van der Waals surface area contributed by atoms with Gasteiger partial charge in [-0.05, 0) is 31.2 Å². The maximum absolute atomic E-state index is 4.64. The number of para-hydroxylation sites is 4. The number of fused-ring (bicyclic) bond motifs is 2. The van der Waals surface area contributed by atoms with E-state index >= 15 is 0 Å². The van der Waals surface area contributed by atoms with Crippen molar-refractivity contribution in [2.24, 2.45) is 0 Å². The fraction of sp³-hybridized carbons (Fsp3) is 0.125. The van der Waals surface area contributed by atoms with E-state index in [9.17, 15) is 0 Å². The van der Waals surface area contributed by atoms with Crippen molar-refractivity contribution in [3.63, 3.8) is 0 Å². The molecule has 2 heterocycles. The summed E-state index contributed by atoms with van der Waals surface area (Å²) in [7, 11) is 0. The lowest BCUT2D eigenvalue weighted by Gasteiger charge is -2.04. The van der Waals surface area contributed by atoms with Crippen LogP contribution in [-0.2, 0) is 0 Å². The van der Waals surface area contributed by atoms with Crippen LogP contribution in [0.4, 0.5) is 0 Å². The monoisotopic (exact) mass is 294 g/mol. The first-order valence-corrected chi connectivity index (χ1v) is 7.73. The zero-order valence-corrected chi connectivity index (χ0v) is 12.3. The van der Waals surface area contributed by atoms with Gasteiger partial charge in [0.2, 0.25) is 0 Å². The molecule has 104 valence electrons. The molecule has 4 rings (SSSR count). The molecule has 0 saturated heterocycles. The van der Waals surface area contributed by atoms with Crippen molar-refractivity contribution in [2.75, 3.05) is 0 Å². The van der Waals surface area contributed by atoms with Crippen LogP contribution in [0.15, 0.2) is 53.7 Å². The fourth-order valence-corrected chi connectivity index (χ4v) is 3.25. The predicted molar refractivity (Wildman–Crippen MR) is 86.5 cm³/mol. The van der Waals surface area contributed by atoms with Crippen LogP contribution in [0.5, 0.6) is 0 Å². The summed E-state index contributed by atoms with van der Waals surface area (Å²) in [6, 6.07) is 16.2. The van der Waals surface area contributed by atoms with Crippen molar-refractivity contribution in [3.8, 4) is 0 Å². The molecule has 0 aliphatic heterocycles. The molecule has 1 atom stereocenters. The van der Waals surface area contributed by atoms with E-state index in [-0.39, 0.29) is 5.25 Å². The van der Waals surface area contributed by atoms with Crippen molar-refractivity contribution < 1.29 is 0 Å². The van der Waals surface area contributed by atoms with Crippen LogP contribution in [0.25, 0.3) is 22.1 Å². The number of benzene rings is 2. The zero-order valence-electron chi connectivity index (χ0n) is 11.5. The molecule has 0 amide bonds. The Morgan fingerprint density at radius 3 is 2.14 bits per heavy atom. The van der Waals surface area contributed by atoms with Gasteiger partial charge in [0.05, 0.1) is 27.3 Å². The Labute approximate surface area is 126 Å². The standard InChI is InChI=1S/C16H14N4S/c1-10(15-17-11-6-2-3-7-12(11)18-15)21-16-19-13-8-4-5-9-14(13)20-16/h2-10H,1H3,(H,17,18)(H,19,20)/t10-/m0/s1. The second-order valence-corrected chi connectivity index (χ2v) is 6.29. The first-order chi connectivity index (χ1) is 10.3. The molecule has 2 aromatic heterocycles. The van der Waals surface area contributed by atoms with Crippen LogP contribution in [0, 0.1) is 0 Å². The van der Waals surface area contributed by atoms with Crippen molar-refractivity contribution in [2.45, 2.75) is 17.3 Å². The summed E-state index contributed by atoms with van der Waals surface area (Å²) < 4.78 is 0. The molecule has 5 heteroatoms. The smallest absolute Gasteiger partial charge is 0.167 e. The number of rotatable bonds is 3. The summed E-state index contributed by atoms with van der Waals surface area (Å²) in [5.74, 6) is 0.974. The molecule has 4 nitrogen and oxygen atoms in total. The highest BCUT2D eigenvalue weighted by molar-refractivity contribution is 7.99. The maximum Gasteiger partial charge on any atom is 0.167 e. The minimum absolute atomic E-state index is 0.206. The highest BCUT2D eigenvalue weighted by Gasteiger charge is 2.14. The third-order valence-electron chi connectivity index (χ3n) is 3.45. The molecule has 2 N–H and O–H groups in total. The third-order valence-corrected chi connectivity index (χ3v) is 4.44. The van der Waals surface area contributed by atoms with Crippen LogP contribution in [0.1, 0.15) is 18.0 Å². The molecule has 0 aliphatic rings. The lowest BCUT2D eigenvalue weighted by atomic mass is 10.3. The molecule has 2 aromatic carbocycles. The Hall–Kier alpha value is -2.27. The van der Waals surface area contributed by atoms with Gasteiger partial charge in [0, 0.05) is 0 Å². The number of nitrogens with zero attached hydrogens (tertiary/aromatic N) is 2. The van der Waals surface area contributed by atoms with Gasteiger partial charge in [-0.2, -0.15) is 0 Å². The second-order valence-electron chi connectivity index (χ2n) is 4.96. The van der Waals surface area contributed by atoms with Crippen molar-refractivity contribution in [3.05, 3.63) is 54.4 Å². The third kappa shape index (κ3) is 2.29. The van der Waals surface area contributed by atoms with Gasteiger partial charge in [-0.1, -0.05) is 36.0 Å². The predicted octanol–water partition coefficient (Wildman–Crippen LogP) is 4.29. The number of imidazole rings is 2.